The molecule has 0 bridgehead atoms. The molecule has 0 unspecified atom stereocenters. The third-order valence-corrected chi connectivity index (χ3v) is 1.13. The number of aliphatic hydroxyl groups is 1. The van der Waals surface area contributed by atoms with Gasteiger partial charge in [-0.1, -0.05) is 6.58 Å². The molecule has 0 aromatic heterocycles. The van der Waals surface area contributed by atoms with E-state index in [0.29, 0.717) is 6.08 Å². The largest absolute Gasteiger partial charge is 0.366 e. The molecule has 1 radical (unpaired) electrons. The molecule has 0 amide bonds. The van der Waals surface area contributed by atoms with E-state index >= 15 is 0 Å². The molecule has 0 rings (SSSR count). The molecule has 0 saturated carbocycles. The van der Waals surface area contributed by atoms with Crippen LogP contribution in [0.4, 0.5) is 0 Å². The van der Waals surface area contributed by atoms with Gasteiger partial charge >= 0.3 is 10.1 Å². The molecular weight excluding hydrogens is 132 g/mol. The second-order valence-electron chi connectivity index (χ2n) is 1.02. The minimum Gasteiger partial charge on any atom is -0.366 e. The minimum atomic E-state index is -4.40. The van der Waals surface area contributed by atoms with E-state index in [9.17, 15) is 8.42 Å². The minimum absolute atomic E-state index is 0.634. The Balaban J connectivity index is 4.26. The van der Waals surface area contributed by atoms with E-state index in [4.69, 9.17) is 9.66 Å². The van der Waals surface area contributed by atoms with Crippen LogP contribution in [0.5, 0.6) is 0 Å². The Hall–Kier alpha value is -0.390. The van der Waals surface area contributed by atoms with Crippen LogP contribution in [0, 0.1) is 5.44 Å². The molecule has 0 aliphatic carbocycles. The molecule has 8 heavy (non-hydrogen) atoms. The SMILES string of the molecule is C=C[C](O)S(=O)(=O)O. The summed E-state index contributed by atoms with van der Waals surface area (Å²) in [5.41, 5.74) is -1.13. The van der Waals surface area contributed by atoms with E-state index in [2.05, 4.69) is 6.58 Å². The summed E-state index contributed by atoms with van der Waals surface area (Å²) in [6.45, 7) is 2.90. The van der Waals surface area contributed by atoms with Crippen molar-refractivity contribution in [2.75, 3.05) is 0 Å². The predicted octanol–water partition coefficient (Wildman–Crippen LogP) is -0.0778. The smallest absolute Gasteiger partial charge is 0.303 e. The van der Waals surface area contributed by atoms with Crippen molar-refractivity contribution in [3.05, 3.63) is 18.1 Å². The molecule has 5 heteroatoms. The summed E-state index contributed by atoms with van der Waals surface area (Å²) in [6.07, 6.45) is 0.634. The van der Waals surface area contributed by atoms with Crippen LogP contribution in [0.25, 0.3) is 0 Å². The van der Waals surface area contributed by atoms with Crippen LogP contribution in [-0.4, -0.2) is 18.1 Å². The topological polar surface area (TPSA) is 74.6 Å². The molecule has 0 aromatic rings. The lowest BCUT2D eigenvalue weighted by molar-refractivity contribution is 0.358. The van der Waals surface area contributed by atoms with E-state index in [1.807, 2.05) is 0 Å². The molecule has 0 fully saturated rings. The van der Waals surface area contributed by atoms with Gasteiger partial charge in [0.15, 0.2) is 0 Å². The first-order chi connectivity index (χ1) is 3.48. The number of rotatable bonds is 2. The first kappa shape index (κ1) is 7.61. The lowest BCUT2D eigenvalue weighted by Gasteiger charge is -1.93. The van der Waals surface area contributed by atoms with Crippen LogP contribution in [0.1, 0.15) is 0 Å². The molecule has 0 spiro atoms. The summed E-state index contributed by atoms with van der Waals surface area (Å²) in [4.78, 5) is 0. The molecule has 4 nitrogen and oxygen atoms in total. The fourth-order valence-corrected chi connectivity index (χ4v) is 0.316. The standard InChI is InChI=1S/C3H5O4S/c1-2-3(4)8(5,6)7/h2,4H,1H2,(H,5,6,7). The highest BCUT2D eigenvalue weighted by Gasteiger charge is 2.16. The quantitative estimate of drug-likeness (QED) is 0.522. The van der Waals surface area contributed by atoms with Crippen LogP contribution in [-0.2, 0) is 10.1 Å². The molecule has 2 N–H and O–H groups in total. The van der Waals surface area contributed by atoms with E-state index in [-0.39, 0.29) is 0 Å². The lowest BCUT2D eigenvalue weighted by atomic mass is 10.7. The highest BCUT2D eigenvalue weighted by atomic mass is 32.2. The van der Waals surface area contributed by atoms with Crippen LogP contribution >= 0.6 is 0 Å². The van der Waals surface area contributed by atoms with Gasteiger partial charge in [0.05, 0.1) is 0 Å². The highest BCUT2D eigenvalue weighted by molar-refractivity contribution is 7.88. The Labute approximate surface area is 47.2 Å². The molecule has 0 aliphatic rings. The molecule has 0 atom stereocenters. The van der Waals surface area contributed by atoms with Gasteiger partial charge in [-0.05, 0) is 6.08 Å². The van der Waals surface area contributed by atoms with Crippen molar-refractivity contribution in [3.8, 4) is 0 Å². The van der Waals surface area contributed by atoms with E-state index < -0.39 is 15.6 Å². The summed E-state index contributed by atoms with van der Waals surface area (Å²) in [7, 11) is -4.40. The number of hydrogen-bond acceptors (Lipinski definition) is 3. The van der Waals surface area contributed by atoms with Gasteiger partial charge in [0.2, 0.25) is 0 Å². The van der Waals surface area contributed by atoms with Crippen molar-refractivity contribution in [1.29, 1.82) is 0 Å². The Bertz CT molecular complexity index is 168. The van der Waals surface area contributed by atoms with E-state index in [1.54, 1.807) is 0 Å². The zero-order chi connectivity index (χ0) is 6.78. The van der Waals surface area contributed by atoms with E-state index in [0.717, 1.165) is 0 Å². The summed E-state index contributed by atoms with van der Waals surface area (Å²) in [6, 6.07) is 0. The molecule has 0 saturated heterocycles. The van der Waals surface area contributed by atoms with Crippen LogP contribution < -0.4 is 0 Å². The van der Waals surface area contributed by atoms with Crippen molar-refractivity contribution in [3.63, 3.8) is 0 Å². The average molecular weight is 137 g/mol. The molecule has 47 valence electrons. The summed E-state index contributed by atoms with van der Waals surface area (Å²) in [5, 5.41) is 8.16. The third kappa shape index (κ3) is 2.06. The normalized spacial score (nSPS) is 11.9. The van der Waals surface area contributed by atoms with Gasteiger partial charge < -0.3 is 5.11 Å². The maximum atomic E-state index is 9.76. The third-order valence-electron chi connectivity index (χ3n) is 0.439. The Kier molecular flexibility index (Phi) is 2.14. The van der Waals surface area contributed by atoms with Crippen molar-refractivity contribution in [1.82, 2.24) is 0 Å². The highest BCUT2D eigenvalue weighted by Crippen LogP contribution is 2.02. The Morgan fingerprint density at radius 1 is 1.62 bits per heavy atom. The van der Waals surface area contributed by atoms with Gasteiger partial charge in [-0.15, -0.1) is 0 Å². The van der Waals surface area contributed by atoms with Crippen LogP contribution in [0.2, 0.25) is 0 Å². The van der Waals surface area contributed by atoms with Crippen molar-refractivity contribution in [2.45, 2.75) is 0 Å². The average Bonchev–Trinajstić information content (AvgIpc) is 1.62. The zero-order valence-corrected chi connectivity index (χ0v) is 4.72. The first-order valence-corrected chi connectivity index (χ1v) is 3.08. The van der Waals surface area contributed by atoms with Crippen molar-refractivity contribution < 1.29 is 18.1 Å². The predicted molar refractivity (Wildman–Crippen MR) is 26.9 cm³/mol. The Morgan fingerprint density at radius 3 is 2.00 bits per heavy atom. The van der Waals surface area contributed by atoms with Crippen LogP contribution in [0.15, 0.2) is 12.7 Å². The molecule has 0 aromatic carbocycles. The van der Waals surface area contributed by atoms with Gasteiger partial charge in [-0.3, -0.25) is 4.55 Å². The second-order valence-corrected chi connectivity index (χ2v) is 2.39. The van der Waals surface area contributed by atoms with Gasteiger partial charge in [-0.2, -0.15) is 8.42 Å². The lowest BCUT2D eigenvalue weighted by Crippen LogP contribution is -2.06. The maximum Gasteiger partial charge on any atom is 0.303 e. The van der Waals surface area contributed by atoms with Crippen molar-refractivity contribution >= 4 is 10.1 Å². The fourth-order valence-electron chi connectivity index (χ4n) is 0.105. The Morgan fingerprint density at radius 2 is 2.00 bits per heavy atom. The first-order valence-electron chi connectivity index (χ1n) is 1.64. The summed E-state index contributed by atoms with van der Waals surface area (Å²) >= 11 is 0. The van der Waals surface area contributed by atoms with Gasteiger partial charge in [-0.25, -0.2) is 0 Å². The maximum absolute atomic E-state index is 9.76. The zero-order valence-electron chi connectivity index (χ0n) is 3.90. The fraction of sp³-hybridized carbons (Fsp3) is 0. The molecule has 0 aliphatic heterocycles. The monoisotopic (exact) mass is 137 g/mol. The van der Waals surface area contributed by atoms with Gasteiger partial charge in [0, 0.05) is 0 Å². The molecule has 0 heterocycles. The number of hydrogen-bond donors (Lipinski definition) is 2. The van der Waals surface area contributed by atoms with Crippen molar-refractivity contribution in [2.24, 2.45) is 0 Å². The second kappa shape index (κ2) is 2.25. The van der Waals surface area contributed by atoms with Crippen LogP contribution in [0.3, 0.4) is 0 Å². The van der Waals surface area contributed by atoms with Gasteiger partial charge in [0.1, 0.15) is 0 Å². The number of aliphatic hydroxyl groups excluding tert-OH is 1. The van der Waals surface area contributed by atoms with Gasteiger partial charge in [0.25, 0.3) is 5.44 Å². The summed E-state index contributed by atoms with van der Waals surface area (Å²) < 4.78 is 27.4. The molecular formula is C3H5O4S. The van der Waals surface area contributed by atoms with E-state index in [1.165, 1.54) is 0 Å². The summed E-state index contributed by atoms with van der Waals surface area (Å²) in [5.74, 6) is 0.